The van der Waals surface area contributed by atoms with E-state index in [0.29, 0.717) is 24.8 Å². The van der Waals surface area contributed by atoms with Crippen LogP contribution in [0.3, 0.4) is 0 Å². The Morgan fingerprint density at radius 3 is 1.87 bits per heavy atom. The van der Waals surface area contributed by atoms with Gasteiger partial charge in [-0.3, -0.25) is 4.79 Å². The van der Waals surface area contributed by atoms with Crippen molar-refractivity contribution in [3.63, 3.8) is 0 Å². The Kier molecular flexibility index (Phi) is 15.2. The van der Waals surface area contributed by atoms with Crippen LogP contribution in [0.5, 0.6) is 11.5 Å². The molecule has 0 bridgehead atoms. The Morgan fingerprint density at radius 2 is 1.34 bits per heavy atom. The smallest absolute Gasteiger partial charge is 0.480 e. The molecule has 3 N–H and O–H groups in total. The number of unbranched alkanes of at least 4 members (excludes halogenated alkanes) is 2. The van der Waals surface area contributed by atoms with E-state index in [1.54, 1.807) is 6.92 Å². The van der Waals surface area contributed by atoms with Crippen LogP contribution in [-0.2, 0) is 23.7 Å². The SMILES string of the molecule is CCCCOC(=O)Oc1ccc(C(C(C)COC(=O)OCCC)[C@H](N)C(=O)O)cc1OC(=O)OCCCC. The van der Waals surface area contributed by atoms with Crippen LogP contribution in [0.25, 0.3) is 0 Å². The van der Waals surface area contributed by atoms with Gasteiger partial charge in [0, 0.05) is 5.92 Å². The van der Waals surface area contributed by atoms with E-state index in [9.17, 15) is 24.3 Å². The number of carboxylic acids is 1. The van der Waals surface area contributed by atoms with Crippen LogP contribution in [0.15, 0.2) is 18.2 Å². The van der Waals surface area contributed by atoms with E-state index in [-0.39, 0.29) is 37.9 Å². The molecular formula is C26H39NO11. The van der Waals surface area contributed by atoms with Gasteiger partial charge < -0.3 is 39.3 Å². The van der Waals surface area contributed by atoms with E-state index in [4.69, 9.17) is 34.2 Å². The predicted octanol–water partition coefficient (Wildman–Crippen LogP) is 5.01. The first-order valence-electron chi connectivity index (χ1n) is 12.8. The Labute approximate surface area is 222 Å². The minimum Gasteiger partial charge on any atom is -0.480 e. The molecular weight excluding hydrogens is 502 g/mol. The highest BCUT2D eigenvalue weighted by Gasteiger charge is 2.33. The van der Waals surface area contributed by atoms with Gasteiger partial charge in [-0.2, -0.15) is 0 Å². The van der Waals surface area contributed by atoms with Crippen molar-refractivity contribution in [1.29, 1.82) is 0 Å². The molecule has 1 aromatic rings. The third kappa shape index (κ3) is 11.7. The lowest BCUT2D eigenvalue weighted by Gasteiger charge is -2.27. The van der Waals surface area contributed by atoms with Crippen molar-refractivity contribution in [2.45, 2.75) is 71.8 Å². The van der Waals surface area contributed by atoms with Crippen LogP contribution in [0.2, 0.25) is 0 Å². The van der Waals surface area contributed by atoms with Gasteiger partial charge >= 0.3 is 24.4 Å². The van der Waals surface area contributed by atoms with Gasteiger partial charge in [0.15, 0.2) is 11.5 Å². The van der Waals surface area contributed by atoms with E-state index >= 15 is 0 Å². The summed E-state index contributed by atoms with van der Waals surface area (Å²) in [6, 6.07) is 2.73. The largest absolute Gasteiger partial charge is 0.513 e. The monoisotopic (exact) mass is 541 g/mol. The number of benzene rings is 1. The molecule has 1 rings (SSSR count). The van der Waals surface area contributed by atoms with Crippen molar-refractivity contribution >= 4 is 24.4 Å². The highest BCUT2D eigenvalue weighted by Crippen LogP contribution is 2.36. The summed E-state index contributed by atoms with van der Waals surface area (Å²) in [6.45, 7) is 7.60. The maximum Gasteiger partial charge on any atom is 0.513 e. The molecule has 0 aromatic heterocycles. The van der Waals surface area contributed by atoms with Crippen LogP contribution in [0.1, 0.15) is 71.3 Å². The number of carbonyl (C=O) groups excluding carboxylic acids is 3. The number of rotatable bonds is 16. The second-order valence-corrected chi connectivity index (χ2v) is 8.59. The van der Waals surface area contributed by atoms with Crippen LogP contribution >= 0.6 is 0 Å². The number of carboxylic acid groups (broad SMARTS) is 1. The average Bonchev–Trinajstić information content (AvgIpc) is 2.87. The van der Waals surface area contributed by atoms with Gasteiger partial charge in [-0.1, -0.05) is 46.6 Å². The standard InChI is InChI=1S/C26H39NO11/c1-5-8-13-34-25(31)37-19-11-10-18(15-20(19)38-26(32)35-14-9-6-2)21(22(27)23(28)29)17(4)16-36-24(30)33-12-7-3/h10-11,15,17,21-22H,5-9,12-14,16,27H2,1-4H3,(H,28,29)/t17?,21?,22-/m0/s1. The Hall–Kier alpha value is -3.54. The summed E-state index contributed by atoms with van der Waals surface area (Å²) in [7, 11) is 0. The molecule has 0 heterocycles. The summed E-state index contributed by atoms with van der Waals surface area (Å²) in [6.07, 6.45) is 0.561. The normalized spacial score (nSPS) is 13.0. The van der Waals surface area contributed by atoms with Gasteiger partial charge in [0.1, 0.15) is 6.04 Å². The van der Waals surface area contributed by atoms with Crippen LogP contribution in [-0.4, -0.2) is 62.0 Å². The fraction of sp³-hybridized carbons (Fsp3) is 0.615. The van der Waals surface area contributed by atoms with Gasteiger partial charge in [-0.05, 0) is 42.9 Å². The van der Waals surface area contributed by atoms with E-state index in [1.165, 1.54) is 18.2 Å². The minimum absolute atomic E-state index is 0.124. The molecule has 3 atom stereocenters. The number of hydrogen-bond donors (Lipinski definition) is 2. The molecule has 0 fully saturated rings. The topological polar surface area (TPSA) is 170 Å². The summed E-state index contributed by atoms with van der Waals surface area (Å²) >= 11 is 0. The minimum atomic E-state index is -1.41. The average molecular weight is 542 g/mol. The second kappa shape index (κ2) is 17.8. The molecule has 0 saturated heterocycles. The molecule has 0 aliphatic heterocycles. The van der Waals surface area contributed by atoms with E-state index < -0.39 is 42.3 Å². The lowest BCUT2D eigenvalue weighted by Crippen LogP contribution is -2.40. The van der Waals surface area contributed by atoms with Gasteiger partial charge in [0.25, 0.3) is 0 Å². The fourth-order valence-electron chi connectivity index (χ4n) is 3.31. The molecule has 38 heavy (non-hydrogen) atoms. The number of ether oxygens (including phenoxy) is 6. The molecule has 12 heteroatoms. The molecule has 0 saturated carbocycles. The van der Waals surface area contributed by atoms with Gasteiger partial charge in [-0.15, -0.1) is 0 Å². The third-order valence-corrected chi connectivity index (χ3v) is 5.35. The van der Waals surface area contributed by atoms with Crippen molar-refractivity contribution in [3.8, 4) is 11.5 Å². The lowest BCUT2D eigenvalue weighted by atomic mass is 9.82. The molecule has 0 amide bonds. The zero-order valence-electron chi connectivity index (χ0n) is 22.4. The molecule has 1 aromatic carbocycles. The van der Waals surface area contributed by atoms with Crippen LogP contribution < -0.4 is 15.2 Å². The quantitative estimate of drug-likeness (QED) is 0.124. The number of nitrogens with two attached hydrogens (primary N) is 1. The second-order valence-electron chi connectivity index (χ2n) is 8.59. The van der Waals surface area contributed by atoms with Crippen LogP contribution in [0, 0.1) is 5.92 Å². The van der Waals surface area contributed by atoms with Crippen molar-refractivity contribution < 1.29 is 52.7 Å². The lowest BCUT2D eigenvalue weighted by molar-refractivity contribution is -0.139. The van der Waals surface area contributed by atoms with Gasteiger partial charge in [0.2, 0.25) is 0 Å². The first-order valence-corrected chi connectivity index (χ1v) is 12.8. The zero-order valence-corrected chi connectivity index (χ0v) is 22.4. The molecule has 0 aliphatic carbocycles. The number of carbonyl (C=O) groups is 4. The summed E-state index contributed by atoms with van der Waals surface area (Å²) in [4.78, 5) is 47.9. The Bertz CT molecular complexity index is 905. The van der Waals surface area contributed by atoms with Gasteiger partial charge in [0.05, 0.1) is 26.4 Å². The molecule has 0 radical (unpaired) electrons. The summed E-state index contributed by atoms with van der Waals surface area (Å²) in [5.41, 5.74) is 6.32. The van der Waals surface area contributed by atoms with Crippen molar-refractivity contribution in [1.82, 2.24) is 0 Å². The highest BCUT2D eigenvalue weighted by atomic mass is 16.7. The number of hydrogen-bond acceptors (Lipinski definition) is 11. The van der Waals surface area contributed by atoms with Crippen LogP contribution in [0.4, 0.5) is 14.4 Å². The number of aliphatic carboxylic acids is 1. The third-order valence-electron chi connectivity index (χ3n) is 5.35. The fourth-order valence-corrected chi connectivity index (χ4v) is 3.31. The highest BCUT2D eigenvalue weighted by molar-refractivity contribution is 5.75. The van der Waals surface area contributed by atoms with Crippen molar-refractivity contribution in [3.05, 3.63) is 23.8 Å². The summed E-state index contributed by atoms with van der Waals surface area (Å²) < 4.78 is 30.5. The van der Waals surface area contributed by atoms with Crippen molar-refractivity contribution in [2.75, 3.05) is 26.4 Å². The Morgan fingerprint density at radius 1 is 0.789 bits per heavy atom. The molecule has 12 nitrogen and oxygen atoms in total. The van der Waals surface area contributed by atoms with Crippen molar-refractivity contribution in [2.24, 2.45) is 11.7 Å². The summed E-state index contributed by atoms with van der Waals surface area (Å²) in [5, 5.41) is 9.62. The molecule has 0 aliphatic rings. The maximum absolute atomic E-state index is 12.3. The molecule has 0 spiro atoms. The van der Waals surface area contributed by atoms with E-state index in [1.807, 2.05) is 20.8 Å². The summed E-state index contributed by atoms with van der Waals surface area (Å²) in [5.74, 6) is -3.12. The van der Waals surface area contributed by atoms with E-state index in [2.05, 4.69) is 0 Å². The zero-order chi connectivity index (χ0) is 28.5. The first kappa shape index (κ1) is 32.5. The molecule has 214 valence electrons. The molecule has 2 unspecified atom stereocenters. The first-order chi connectivity index (χ1) is 18.1. The maximum atomic E-state index is 12.3. The Balaban J connectivity index is 3.25. The predicted molar refractivity (Wildman–Crippen MR) is 135 cm³/mol. The van der Waals surface area contributed by atoms with E-state index in [0.717, 1.165) is 12.8 Å². The van der Waals surface area contributed by atoms with Gasteiger partial charge in [-0.25, -0.2) is 14.4 Å².